The van der Waals surface area contributed by atoms with E-state index >= 15 is 0 Å². The zero-order valence-electron chi connectivity index (χ0n) is 11.6. The van der Waals surface area contributed by atoms with Crippen LogP contribution in [0, 0.1) is 0 Å². The van der Waals surface area contributed by atoms with Crippen LogP contribution in [0.3, 0.4) is 0 Å². The van der Waals surface area contributed by atoms with Gasteiger partial charge in [-0.3, -0.25) is 0 Å². The first kappa shape index (κ1) is 14.0. The maximum Gasteiger partial charge on any atom is 0.0441 e. The smallest absolute Gasteiger partial charge is 0.0441 e. The summed E-state index contributed by atoms with van der Waals surface area (Å²) in [5.41, 5.74) is 3.07. The van der Waals surface area contributed by atoms with Gasteiger partial charge >= 0.3 is 0 Å². The molecule has 0 radical (unpaired) electrons. The van der Waals surface area contributed by atoms with Crippen molar-refractivity contribution in [3.8, 4) is 0 Å². The van der Waals surface area contributed by atoms with Gasteiger partial charge in [-0.1, -0.05) is 44.0 Å². The van der Waals surface area contributed by atoms with Crippen LogP contribution >= 0.6 is 11.8 Å². The second-order valence-electron chi connectivity index (χ2n) is 5.12. The van der Waals surface area contributed by atoms with Crippen LogP contribution < -0.4 is 5.32 Å². The molecule has 0 aromatic heterocycles. The predicted molar refractivity (Wildman–Crippen MR) is 82.3 cm³/mol. The summed E-state index contributed by atoms with van der Waals surface area (Å²) in [6.07, 6.45) is 6.64. The second kappa shape index (κ2) is 7.20. The summed E-state index contributed by atoms with van der Waals surface area (Å²) in [7, 11) is 2.10. The molecule has 2 rings (SSSR count). The van der Waals surface area contributed by atoms with Crippen LogP contribution in [0.5, 0.6) is 0 Å². The van der Waals surface area contributed by atoms with E-state index in [1.807, 2.05) is 0 Å². The summed E-state index contributed by atoms with van der Waals surface area (Å²) in [5, 5.41) is 4.28. The van der Waals surface area contributed by atoms with Crippen molar-refractivity contribution in [3.63, 3.8) is 0 Å². The molecular formula is C16H25NS. The number of benzene rings is 1. The molecule has 1 aliphatic rings. The average Bonchev–Trinajstić information content (AvgIpc) is 2.43. The number of thioether (sulfide) groups is 1. The van der Waals surface area contributed by atoms with Crippen molar-refractivity contribution in [2.45, 2.75) is 50.3 Å². The monoisotopic (exact) mass is 263 g/mol. The Balaban J connectivity index is 1.97. The number of rotatable bonds is 6. The fourth-order valence-corrected chi connectivity index (χ4v) is 4.27. The Morgan fingerprint density at radius 1 is 1.28 bits per heavy atom. The number of nitrogens with one attached hydrogen (secondary N) is 1. The summed E-state index contributed by atoms with van der Waals surface area (Å²) in [4.78, 5) is 0. The normalized spacial score (nSPS) is 22.8. The van der Waals surface area contributed by atoms with Crippen molar-refractivity contribution in [1.82, 2.24) is 5.32 Å². The highest BCUT2D eigenvalue weighted by Crippen LogP contribution is 2.36. The zero-order chi connectivity index (χ0) is 12.8. The number of fused-ring (bicyclic) bond motifs is 1. The van der Waals surface area contributed by atoms with E-state index in [0.717, 1.165) is 5.25 Å². The van der Waals surface area contributed by atoms with E-state index in [4.69, 9.17) is 0 Å². The van der Waals surface area contributed by atoms with Crippen molar-refractivity contribution in [3.05, 3.63) is 35.4 Å². The fraction of sp³-hybridized carbons (Fsp3) is 0.625. The molecule has 2 unspecified atom stereocenters. The molecule has 0 amide bonds. The minimum atomic E-state index is 0.543. The highest BCUT2D eigenvalue weighted by atomic mass is 32.2. The third kappa shape index (κ3) is 3.30. The summed E-state index contributed by atoms with van der Waals surface area (Å²) < 4.78 is 0. The van der Waals surface area contributed by atoms with Gasteiger partial charge < -0.3 is 5.32 Å². The molecule has 1 aromatic rings. The van der Waals surface area contributed by atoms with E-state index < -0.39 is 0 Å². The lowest BCUT2D eigenvalue weighted by molar-refractivity contribution is 0.510. The molecule has 0 aliphatic heterocycles. The van der Waals surface area contributed by atoms with Crippen molar-refractivity contribution in [2.24, 2.45) is 0 Å². The summed E-state index contributed by atoms with van der Waals surface area (Å²) in [6.45, 7) is 2.28. The molecule has 0 heterocycles. The van der Waals surface area contributed by atoms with Crippen LogP contribution in [-0.4, -0.2) is 18.1 Å². The van der Waals surface area contributed by atoms with Gasteiger partial charge in [0, 0.05) is 11.3 Å². The van der Waals surface area contributed by atoms with Crippen LogP contribution in [0.2, 0.25) is 0 Å². The van der Waals surface area contributed by atoms with E-state index in [-0.39, 0.29) is 0 Å². The van der Waals surface area contributed by atoms with Crippen LogP contribution in [0.4, 0.5) is 0 Å². The molecular weight excluding hydrogens is 238 g/mol. The van der Waals surface area contributed by atoms with Gasteiger partial charge in [-0.15, -0.1) is 0 Å². The molecule has 1 aliphatic carbocycles. The number of unbranched alkanes of at least 4 members (excludes halogenated alkanes) is 2. The molecule has 18 heavy (non-hydrogen) atoms. The summed E-state index contributed by atoms with van der Waals surface area (Å²) >= 11 is 2.17. The van der Waals surface area contributed by atoms with Gasteiger partial charge in [-0.05, 0) is 43.2 Å². The first-order chi connectivity index (χ1) is 8.86. The van der Waals surface area contributed by atoms with Crippen molar-refractivity contribution >= 4 is 11.8 Å². The lowest BCUT2D eigenvalue weighted by atomic mass is 9.87. The number of hydrogen-bond acceptors (Lipinski definition) is 2. The Morgan fingerprint density at radius 2 is 2.11 bits per heavy atom. The second-order valence-corrected chi connectivity index (χ2v) is 6.47. The van der Waals surface area contributed by atoms with Crippen LogP contribution in [0.1, 0.15) is 49.8 Å². The largest absolute Gasteiger partial charge is 0.312 e. The van der Waals surface area contributed by atoms with Crippen molar-refractivity contribution in [1.29, 1.82) is 0 Å². The third-order valence-electron chi connectivity index (χ3n) is 3.85. The number of hydrogen-bond donors (Lipinski definition) is 1. The van der Waals surface area contributed by atoms with Gasteiger partial charge in [0.25, 0.3) is 0 Å². The van der Waals surface area contributed by atoms with Crippen LogP contribution in [0.15, 0.2) is 24.3 Å². The van der Waals surface area contributed by atoms with Crippen molar-refractivity contribution in [2.75, 3.05) is 12.8 Å². The Morgan fingerprint density at radius 3 is 2.89 bits per heavy atom. The van der Waals surface area contributed by atoms with Crippen LogP contribution in [0.25, 0.3) is 0 Å². The summed E-state index contributed by atoms with van der Waals surface area (Å²) in [5.74, 6) is 1.32. The van der Waals surface area contributed by atoms with E-state index in [2.05, 4.69) is 55.3 Å². The topological polar surface area (TPSA) is 12.0 Å². The maximum atomic E-state index is 3.53. The lowest BCUT2D eigenvalue weighted by Crippen LogP contribution is -2.32. The molecule has 100 valence electrons. The fourth-order valence-electron chi connectivity index (χ4n) is 2.84. The summed E-state index contributed by atoms with van der Waals surface area (Å²) in [6, 6.07) is 9.47. The molecule has 1 aromatic carbocycles. The molecule has 0 bridgehead atoms. The SMILES string of the molecule is CCCCCSC1CCc2ccccc2C1NC. The molecule has 0 spiro atoms. The molecule has 1 nitrogen and oxygen atoms in total. The van der Waals surface area contributed by atoms with Crippen molar-refractivity contribution < 1.29 is 0 Å². The molecule has 1 N–H and O–H groups in total. The molecule has 0 saturated heterocycles. The van der Waals surface area contributed by atoms with Crippen LogP contribution in [-0.2, 0) is 6.42 Å². The third-order valence-corrected chi connectivity index (χ3v) is 5.31. The van der Waals surface area contributed by atoms with Gasteiger partial charge in [0.2, 0.25) is 0 Å². The van der Waals surface area contributed by atoms with E-state index in [9.17, 15) is 0 Å². The van der Waals surface area contributed by atoms with Gasteiger partial charge in [0.15, 0.2) is 0 Å². The van der Waals surface area contributed by atoms with E-state index in [1.165, 1.54) is 43.4 Å². The maximum absolute atomic E-state index is 3.53. The first-order valence-corrected chi connectivity index (χ1v) is 8.28. The molecule has 0 saturated carbocycles. The van der Waals surface area contributed by atoms with Gasteiger partial charge in [-0.2, -0.15) is 11.8 Å². The highest BCUT2D eigenvalue weighted by Gasteiger charge is 2.27. The molecule has 0 fully saturated rings. The minimum Gasteiger partial charge on any atom is -0.312 e. The predicted octanol–water partition coefficient (Wildman–Crippen LogP) is 4.19. The Bertz CT molecular complexity index is 364. The number of aryl methyl sites for hydroxylation is 1. The minimum absolute atomic E-state index is 0.543. The lowest BCUT2D eigenvalue weighted by Gasteiger charge is -2.33. The Labute approximate surface area is 116 Å². The zero-order valence-corrected chi connectivity index (χ0v) is 12.4. The molecule has 2 atom stereocenters. The standard InChI is InChI=1S/C16H25NS/c1-3-4-7-12-18-15-11-10-13-8-5-6-9-14(13)16(15)17-2/h5-6,8-9,15-17H,3-4,7,10-12H2,1-2H3. The van der Waals surface area contributed by atoms with E-state index in [0.29, 0.717) is 6.04 Å². The average molecular weight is 263 g/mol. The Kier molecular flexibility index (Phi) is 5.58. The van der Waals surface area contributed by atoms with Gasteiger partial charge in [0.05, 0.1) is 0 Å². The highest BCUT2D eigenvalue weighted by molar-refractivity contribution is 7.99. The Hall–Kier alpha value is -0.470. The van der Waals surface area contributed by atoms with E-state index in [1.54, 1.807) is 5.56 Å². The quantitative estimate of drug-likeness (QED) is 0.773. The molecule has 2 heteroatoms. The van der Waals surface area contributed by atoms with Gasteiger partial charge in [-0.25, -0.2) is 0 Å². The first-order valence-electron chi connectivity index (χ1n) is 7.23. The van der Waals surface area contributed by atoms with Gasteiger partial charge in [0.1, 0.15) is 0 Å².